The molecular weight excluding hydrogens is 302 g/mol. The van der Waals surface area contributed by atoms with E-state index in [1.54, 1.807) is 26.6 Å². The van der Waals surface area contributed by atoms with Crippen molar-refractivity contribution in [2.24, 2.45) is 0 Å². The molecule has 0 atom stereocenters. The van der Waals surface area contributed by atoms with E-state index in [0.29, 0.717) is 5.35 Å². The van der Waals surface area contributed by atoms with Gasteiger partial charge in [0.05, 0.1) is 24.9 Å². The fraction of sp³-hybridized carbons (Fsp3) is 0.263. The molecule has 0 bridgehead atoms. The van der Waals surface area contributed by atoms with Crippen LogP contribution in [0, 0.1) is 0 Å². The molecule has 0 N–H and O–H groups in total. The minimum absolute atomic E-state index is 0.660. The van der Waals surface area contributed by atoms with Gasteiger partial charge in [0, 0.05) is 48.5 Å². The van der Waals surface area contributed by atoms with E-state index in [1.807, 2.05) is 37.3 Å². The number of allylic oxidation sites excluding steroid dienone is 2. The Bertz CT molecular complexity index is 808. The molecule has 126 valence electrons. The maximum atomic E-state index is 5.36. The van der Waals surface area contributed by atoms with Crippen molar-refractivity contribution in [2.45, 2.75) is 13.8 Å². The second-order valence-electron chi connectivity index (χ2n) is 5.18. The van der Waals surface area contributed by atoms with Gasteiger partial charge >= 0.3 is 0 Å². The van der Waals surface area contributed by atoms with Gasteiger partial charge in [-0.15, -0.1) is 0 Å². The topological polar surface area (TPSA) is 47.5 Å². The molecule has 2 aromatic rings. The van der Waals surface area contributed by atoms with Crippen molar-refractivity contribution in [3.8, 4) is 11.5 Å². The Balaban J connectivity index is 2.41. The molecule has 0 aliphatic heterocycles. The standard InChI is InChI=1S/C19H23N3O2/c1-6-22(16-11-17(23-4)13-18(12-16)24-5)14(2)7-8-19-15(3)20-9-10-21-19/h7-13H,3,6H2,1-2,4-5H3/b14-7+,19-8+. The Labute approximate surface area is 142 Å². The highest BCUT2D eigenvalue weighted by Crippen LogP contribution is 2.30. The van der Waals surface area contributed by atoms with Crippen molar-refractivity contribution in [3.05, 3.63) is 53.1 Å². The van der Waals surface area contributed by atoms with Gasteiger partial charge in [0.25, 0.3) is 0 Å². The molecule has 0 saturated heterocycles. The van der Waals surface area contributed by atoms with Crippen molar-refractivity contribution in [1.29, 1.82) is 0 Å². The van der Waals surface area contributed by atoms with Crippen LogP contribution >= 0.6 is 0 Å². The highest BCUT2D eigenvalue weighted by molar-refractivity contribution is 5.60. The first-order valence-corrected chi connectivity index (χ1v) is 7.74. The maximum absolute atomic E-state index is 5.36. The predicted molar refractivity (Wildman–Crippen MR) is 97.6 cm³/mol. The number of hydrogen-bond donors (Lipinski definition) is 0. The summed E-state index contributed by atoms with van der Waals surface area (Å²) in [5.74, 6) is 1.52. The smallest absolute Gasteiger partial charge is 0.124 e. The van der Waals surface area contributed by atoms with Crippen LogP contribution in [0.4, 0.5) is 5.69 Å². The summed E-state index contributed by atoms with van der Waals surface area (Å²) in [6, 6.07) is 5.83. The van der Waals surface area contributed by atoms with Gasteiger partial charge < -0.3 is 14.4 Å². The summed E-state index contributed by atoms with van der Waals surface area (Å²) < 4.78 is 10.7. The third-order valence-electron chi connectivity index (χ3n) is 3.68. The first-order chi connectivity index (χ1) is 11.6. The number of anilines is 1. The van der Waals surface area contributed by atoms with Gasteiger partial charge in [0.2, 0.25) is 0 Å². The van der Waals surface area contributed by atoms with Gasteiger partial charge in [-0.2, -0.15) is 0 Å². The molecule has 0 aliphatic carbocycles. The number of rotatable bonds is 6. The summed E-state index contributed by atoms with van der Waals surface area (Å²) in [7, 11) is 3.30. The SMILES string of the molecule is C=c1nccn/c1=C/C=C(\C)N(CC)c1cc(OC)cc(OC)c1. The molecule has 0 aliphatic rings. The van der Waals surface area contributed by atoms with E-state index in [1.165, 1.54) is 0 Å². The Kier molecular flexibility index (Phi) is 5.95. The Morgan fingerprint density at radius 3 is 2.29 bits per heavy atom. The van der Waals surface area contributed by atoms with E-state index in [0.717, 1.165) is 34.8 Å². The van der Waals surface area contributed by atoms with Crippen LogP contribution in [0.1, 0.15) is 13.8 Å². The number of nitrogens with zero attached hydrogens (tertiary/aromatic N) is 3. The molecule has 0 spiro atoms. The third-order valence-corrected chi connectivity index (χ3v) is 3.68. The van der Waals surface area contributed by atoms with Crippen molar-refractivity contribution in [3.63, 3.8) is 0 Å². The Hall–Kier alpha value is -2.82. The van der Waals surface area contributed by atoms with Crippen molar-refractivity contribution >= 4 is 18.3 Å². The van der Waals surface area contributed by atoms with E-state index >= 15 is 0 Å². The zero-order chi connectivity index (χ0) is 17.5. The average molecular weight is 325 g/mol. The quantitative estimate of drug-likeness (QED) is 0.814. The van der Waals surface area contributed by atoms with Crippen LogP contribution in [0.2, 0.25) is 0 Å². The summed E-state index contributed by atoms with van der Waals surface area (Å²) >= 11 is 0. The summed E-state index contributed by atoms with van der Waals surface area (Å²) in [6.45, 7) is 8.84. The minimum atomic E-state index is 0.660. The van der Waals surface area contributed by atoms with Crippen LogP contribution in [-0.4, -0.2) is 30.7 Å². The lowest BCUT2D eigenvalue weighted by molar-refractivity contribution is 0.394. The van der Waals surface area contributed by atoms with Gasteiger partial charge in [0.15, 0.2) is 0 Å². The third kappa shape index (κ3) is 4.13. The van der Waals surface area contributed by atoms with Gasteiger partial charge in [-0.05, 0) is 26.0 Å². The molecule has 1 aromatic carbocycles. The minimum Gasteiger partial charge on any atom is -0.497 e. The lowest BCUT2D eigenvalue weighted by Gasteiger charge is -2.24. The zero-order valence-electron chi connectivity index (χ0n) is 14.6. The van der Waals surface area contributed by atoms with Gasteiger partial charge in [0.1, 0.15) is 11.5 Å². The van der Waals surface area contributed by atoms with Crippen LogP contribution in [0.25, 0.3) is 12.7 Å². The number of aromatic nitrogens is 2. The van der Waals surface area contributed by atoms with E-state index in [-0.39, 0.29) is 0 Å². The number of benzene rings is 1. The molecule has 1 heterocycles. The number of methoxy groups -OCH3 is 2. The van der Waals surface area contributed by atoms with Gasteiger partial charge in [-0.1, -0.05) is 6.58 Å². The fourth-order valence-electron chi connectivity index (χ4n) is 2.39. The molecule has 24 heavy (non-hydrogen) atoms. The van der Waals surface area contributed by atoms with Crippen molar-refractivity contribution < 1.29 is 9.47 Å². The predicted octanol–water partition coefficient (Wildman–Crippen LogP) is 2.11. The molecule has 0 radical (unpaired) electrons. The van der Waals surface area contributed by atoms with Crippen molar-refractivity contribution in [1.82, 2.24) is 9.97 Å². The molecule has 0 amide bonds. The molecule has 1 aromatic heterocycles. The highest BCUT2D eigenvalue weighted by atomic mass is 16.5. The van der Waals surface area contributed by atoms with Crippen molar-refractivity contribution in [2.75, 3.05) is 25.7 Å². The van der Waals surface area contributed by atoms with Crippen LogP contribution in [-0.2, 0) is 0 Å². The largest absolute Gasteiger partial charge is 0.497 e. The second-order valence-corrected chi connectivity index (χ2v) is 5.18. The lowest BCUT2D eigenvalue weighted by Crippen LogP contribution is -2.29. The zero-order valence-corrected chi connectivity index (χ0v) is 14.6. The molecule has 2 rings (SSSR count). The summed E-state index contributed by atoms with van der Waals surface area (Å²) in [5, 5.41) is 1.42. The fourth-order valence-corrected chi connectivity index (χ4v) is 2.39. The highest BCUT2D eigenvalue weighted by Gasteiger charge is 2.09. The molecule has 0 unspecified atom stereocenters. The first-order valence-electron chi connectivity index (χ1n) is 7.74. The Morgan fingerprint density at radius 2 is 1.75 bits per heavy atom. The first kappa shape index (κ1) is 17.5. The van der Waals surface area contributed by atoms with E-state index in [9.17, 15) is 0 Å². The monoisotopic (exact) mass is 325 g/mol. The van der Waals surface area contributed by atoms with Gasteiger partial charge in [-0.3, -0.25) is 9.97 Å². The lowest BCUT2D eigenvalue weighted by atomic mass is 10.2. The summed E-state index contributed by atoms with van der Waals surface area (Å²) in [6.07, 6.45) is 7.23. The van der Waals surface area contributed by atoms with E-state index in [2.05, 4.69) is 28.4 Å². The van der Waals surface area contributed by atoms with Crippen LogP contribution in [0.5, 0.6) is 11.5 Å². The normalized spacial score (nSPS) is 12.2. The average Bonchev–Trinajstić information content (AvgIpc) is 2.61. The Morgan fingerprint density at radius 1 is 1.12 bits per heavy atom. The van der Waals surface area contributed by atoms with E-state index < -0.39 is 0 Å². The van der Waals surface area contributed by atoms with E-state index in [4.69, 9.17) is 9.47 Å². The maximum Gasteiger partial charge on any atom is 0.124 e. The summed E-state index contributed by atoms with van der Waals surface area (Å²) in [4.78, 5) is 10.6. The molecule has 0 saturated carbocycles. The molecule has 0 fully saturated rings. The number of ether oxygens (including phenoxy) is 2. The van der Waals surface area contributed by atoms with Crippen LogP contribution < -0.4 is 25.1 Å². The summed E-state index contributed by atoms with van der Waals surface area (Å²) in [5.41, 5.74) is 2.07. The molecular formula is C19H23N3O2. The van der Waals surface area contributed by atoms with Crippen LogP contribution in [0.15, 0.2) is 42.4 Å². The second kappa shape index (κ2) is 8.15. The molecule has 5 nitrogen and oxygen atoms in total. The molecule has 5 heteroatoms. The van der Waals surface area contributed by atoms with Crippen LogP contribution in [0.3, 0.4) is 0 Å². The van der Waals surface area contributed by atoms with Gasteiger partial charge in [-0.25, -0.2) is 0 Å². The number of hydrogen-bond acceptors (Lipinski definition) is 5.